The van der Waals surface area contributed by atoms with E-state index in [0.29, 0.717) is 26.2 Å². The Morgan fingerprint density at radius 2 is 1.59 bits per heavy atom. The Balaban J connectivity index is 1.41. The smallest absolute Gasteiger partial charge is 0.269 e. The number of benzene rings is 2. The fourth-order valence-corrected chi connectivity index (χ4v) is 2.89. The van der Waals surface area contributed by atoms with Crippen LogP contribution in [-0.2, 0) is 4.79 Å². The quantitative estimate of drug-likeness (QED) is 0.797. The Kier molecular flexibility index (Phi) is 5.97. The van der Waals surface area contributed by atoms with E-state index in [9.17, 15) is 18.4 Å². The number of nitrogens with one attached hydrogen (secondary N) is 2. The van der Waals surface area contributed by atoms with Crippen LogP contribution >= 0.6 is 0 Å². The molecule has 2 aromatic carbocycles. The number of carbonyl (C=O) groups is 2. The topological polar surface area (TPSA) is 64.7 Å². The number of piperazine rings is 1. The van der Waals surface area contributed by atoms with Gasteiger partial charge in [0.1, 0.15) is 11.6 Å². The number of amides is 2. The highest BCUT2D eigenvalue weighted by Crippen LogP contribution is 2.16. The average Bonchev–Trinajstić information content (AvgIpc) is 2.67. The van der Waals surface area contributed by atoms with Crippen LogP contribution in [-0.4, -0.2) is 49.4 Å². The molecular weight excluding hydrogens is 354 g/mol. The summed E-state index contributed by atoms with van der Waals surface area (Å²) >= 11 is 0. The number of nitrogens with zero attached hydrogens (tertiary/aromatic N) is 2. The van der Waals surface area contributed by atoms with Crippen molar-refractivity contribution >= 4 is 17.5 Å². The molecule has 0 unspecified atom stereocenters. The Hall–Kier alpha value is -3.00. The molecule has 2 N–H and O–H groups in total. The lowest BCUT2D eigenvalue weighted by atomic mass is 10.2. The second-order valence-corrected chi connectivity index (χ2v) is 6.25. The van der Waals surface area contributed by atoms with Crippen molar-refractivity contribution in [1.82, 2.24) is 15.8 Å². The molecule has 3 rings (SSSR count). The van der Waals surface area contributed by atoms with Gasteiger partial charge in [0.05, 0.1) is 6.54 Å². The van der Waals surface area contributed by atoms with Gasteiger partial charge in [-0.05, 0) is 42.5 Å². The van der Waals surface area contributed by atoms with Gasteiger partial charge in [-0.25, -0.2) is 8.78 Å². The molecule has 0 bridgehead atoms. The Morgan fingerprint density at radius 1 is 0.889 bits per heavy atom. The average molecular weight is 374 g/mol. The maximum atomic E-state index is 13.1. The largest absolute Gasteiger partial charge is 0.369 e. The number of hydrogen-bond donors (Lipinski definition) is 2. The predicted molar refractivity (Wildman–Crippen MR) is 97.1 cm³/mol. The standard InChI is InChI=1S/C19H20F2N4O2/c20-15-4-6-17(7-5-15)25-10-8-24(9-11-25)13-18(26)22-23-19(27)14-2-1-3-16(21)12-14/h1-7,12H,8-11,13H2,(H,22,26)(H,23,27). The summed E-state index contributed by atoms with van der Waals surface area (Å²) in [5, 5.41) is 0. The molecule has 27 heavy (non-hydrogen) atoms. The third-order valence-corrected chi connectivity index (χ3v) is 4.33. The Labute approximate surface area is 155 Å². The maximum absolute atomic E-state index is 13.1. The van der Waals surface area contributed by atoms with Crippen molar-refractivity contribution < 1.29 is 18.4 Å². The molecule has 1 heterocycles. The van der Waals surface area contributed by atoms with E-state index in [1.807, 2.05) is 4.90 Å². The van der Waals surface area contributed by atoms with E-state index in [0.717, 1.165) is 11.8 Å². The van der Waals surface area contributed by atoms with Crippen molar-refractivity contribution in [3.63, 3.8) is 0 Å². The molecule has 0 aliphatic carbocycles. The molecule has 1 aliphatic rings. The summed E-state index contributed by atoms with van der Waals surface area (Å²) in [4.78, 5) is 28.0. The molecule has 0 saturated carbocycles. The normalized spacial score (nSPS) is 14.7. The van der Waals surface area contributed by atoms with Gasteiger partial charge >= 0.3 is 0 Å². The van der Waals surface area contributed by atoms with Crippen LogP contribution in [0, 0.1) is 11.6 Å². The molecule has 142 valence electrons. The molecular formula is C19H20F2N4O2. The summed E-state index contributed by atoms with van der Waals surface area (Å²) in [6.45, 7) is 2.91. The fraction of sp³-hybridized carbons (Fsp3) is 0.263. The van der Waals surface area contributed by atoms with E-state index < -0.39 is 11.7 Å². The van der Waals surface area contributed by atoms with Crippen LogP contribution in [0.5, 0.6) is 0 Å². The zero-order chi connectivity index (χ0) is 19.2. The van der Waals surface area contributed by atoms with Crippen molar-refractivity contribution in [1.29, 1.82) is 0 Å². The van der Waals surface area contributed by atoms with Crippen LogP contribution in [0.1, 0.15) is 10.4 Å². The molecule has 0 aromatic heterocycles. The van der Waals surface area contributed by atoms with E-state index >= 15 is 0 Å². The van der Waals surface area contributed by atoms with E-state index in [4.69, 9.17) is 0 Å². The SMILES string of the molecule is O=C(CN1CCN(c2ccc(F)cc2)CC1)NNC(=O)c1cccc(F)c1. The van der Waals surface area contributed by atoms with Crippen LogP contribution in [0.3, 0.4) is 0 Å². The van der Waals surface area contributed by atoms with Crippen molar-refractivity contribution in [2.24, 2.45) is 0 Å². The zero-order valence-corrected chi connectivity index (χ0v) is 14.6. The van der Waals surface area contributed by atoms with Crippen molar-refractivity contribution in [3.05, 3.63) is 65.7 Å². The molecule has 2 amide bonds. The molecule has 2 aromatic rings. The van der Waals surface area contributed by atoms with Gasteiger partial charge in [-0.3, -0.25) is 25.3 Å². The number of halogens is 2. The van der Waals surface area contributed by atoms with E-state index in [2.05, 4.69) is 15.8 Å². The minimum atomic E-state index is -0.580. The second-order valence-electron chi connectivity index (χ2n) is 6.25. The third-order valence-electron chi connectivity index (χ3n) is 4.33. The van der Waals surface area contributed by atoms with Gasteiger partial charge < -0.3 is 4.90 Å². The molecule has 1 aliphatic heterocycles. The van der Waals surface area contributed by atoms with Crippen molar-refractivity contribution in [2.75, 3.05) is 37.6 Å². The van der Waals surface area contributed by atoms with Crippen LogP contribution in [0.25, 0.3) is 0 Å². The highest BCUT2D eigenvalue weighted by atomic mass is 19.1. The summed E-state index contributed by atoms with van der Waals surface area (Å²) < 4.78 is 26.1. The summed E-state index contributed by atoms with van der Waals surface area (Å²) in [5.41, 5.74) is 5.69. The highest BCUT2D eigenvalue weighted by molar-refractivity contribution is 5.95. The monoisotopic (exact) mass is 374 g/mol. The first-order chi connectivity index (χ1) is 13.0. The first-order valence-electron chi connectivity index (χ1n) is 8.59. The van der Waals surface area contributed by atoms with Gasteiger partial charge in [-0.1, -0.05) is 6.07 Å². The highest BCUT2D eigenvalue weighted by Gasteiger charge is 2.19. The summed E-state index contributed by atoms with van der Waals surface area (Å²) in [7, 11) is 0. The van der Waals surface area contributed by atoms with E-state index in [1.54, 1.807) is 12.1 Å². The first kappa shape index (κ1) is 18.8. The number of carbonyl (C=O) groups excluding carboxylic acids is 2. The Bertz CT molecular complexity index is 806. The van der Waals surface area contributed by atoms with Crippen molar-refractivity contribution in [2.45, 2.75) is 0 Å². The molecule has 1 fully saturated rings. The lowest BCUT2D eigenvalue weighted by Crippen LogP contribution is -2.52. The third kappa shape index (κ3) is 5.24. The van der Waals surface area contributed by atoms with Crippen LogP contribution in [0.15, 0.2) is 48.5 Å². The number of rotatable bonds is 4. The van der Waals surface area contributed by atoms with Gasteiger partial charge in [0.2, 0.25) is 0 Å². The molecule has 6 nitrogen and oxygen atoms in total. The van der Waals surface area contributed by atoms with Crippen molar-refractivity contribution in [3.8, 4) is 0 Å². The lowest BCUT2D eigenvalue weighted by Gasteiger charge is -2.35. The summed E-state index contributed by atoms with van der Waals surface area (Å²) in [6, 6.07) is 11.5. The van der Waals surface area contributed by atoms with Gasteiger partial charge in [0.25, 0.3) is 11.8 Å². The summed E-state index contributed by atoms with van der Waals surface area (Å²) in [5.74, 6) is -1.72. The van der Waals surface area contributed by atoms with Gasteiger partial charge in [0.15, 0.2) is 0 Å². The molecule has 1 saturated heterocycles. The minimum Gasteiger partial charge on any atom is -0.369 e. The Morgan fingerprint density at radius 3 is 2.26 bits per heavy atom. The van der Waals surface area contributed by atoms with Crippen LogP contribution in [0.4, 0.5) is 14.5 Å². The number of anilines is 1. The molecule has 0 radical (unpaired) electrons. The first-order valence-corrected chi connectivity index (χ1v) is 8.59. The molecule has 0 spiro atoms. The maximum Gasteiger partial charge on any atom is 0.269 e. The van der Waals surface area contributed by atoms with E-state index in [1.165, 1.54) is 30.3 Å². The number of hydrogen-bond acceptors (Lipinski definition) is 4. The van der Waals surface area contributed by atoms with Gasteiger partial charge in [0, 0.05) is 37.4 Å². The van der Waals surface area contributed by atoms with Gasteiger partial charge in [-0.15, -0.1) is 0 Å². The molecule has 0 atom stereocenters. The predicted octanol–water partition coefficient (Wildman–Crippen LogP) is 1.55. The summed E-state index contributed by atoms with van der Waals surface area (Å²) in [6.07, 6.45) is 0. The second kappa shape index (κ2) is 8.59. The number of hydrazine groups is 1. The van der Waals surface area contributed by atoms with Gasteiger partial charge in [-0.2, -0.15) is 0 Å². The fourth-order valence-electron chi connectivity index (χ4n) is 2.89. The van der Waals surface area contributed by atoms with Crippen LogP contribution in [0.2, 0.25) is 0 Å². The van der Waals surface area contributed by atoms with Crippen LogP contribution < -0.4 is 15.8 Å². The van der Waals surface area contributed by atoms with E-state index in [-0.39, 0.29) is 23.8 Å². The zero-order valence-electron chi connectivity index (χ0n) is 14.6. The minimum absolute atomic E-state index is 0.128. The molecule has 8 heteroatoms. The lowest BCUT2D eigenvalue weighted by molar-refractivity contribution is -0.123.